The topological polar surface area (TPSA) is 82.6 Å². The lowest BCUT2D eigenvalue weighted by Gasteiger charge is -2.12. The molecule has 2 aromatic carbocycles. The highest BCUT2D eigenvalue weighted by Crippen LogP contribution is 2.42. The van der Waals surface area contributed by atoms with Crippen LogP contribution in [0, 0.1) is 10.1 Å². The molecule has 0 saturated carbocycles. The van der Waals surface area contributed by atoms with E-state index in [0.717, 1.165) is 29.9 Å². The van der Waals surface area contributed by atoms with E-state index in [1.54, 1.807) is 6.07 Å². The second-order valence-electron chi connectivity index (χ2n) is 6.51. The summed E-state index contributed by atoms with van der Waals surface area (Å²) < 4.78 is 49.7. The molecule has 0 fully saturated rings. The predicted molar refractivity (Wildman–Crippen MR) is 97.7 cm³/mol. The Hall–Kier alpha value is -3.07. The SMILES string of the molecule is O=c1oc2cc(Oc3cc(Cl)c(C(F)(F)F)cc3[N+](=O)[O-])ccc2c2c1CCC2. The first-order valence-corrected chi connectivity index (χ1v) is 8.84. The number of benzene rings is 2. The number of rotatable bonds is 3. The summed E-state index contributed by atoms with van der Waals surface area (Å²) in [6, 6.07) is 5.58. The minimum absolute atomic E-state index is 0.0533. The fourth-order valence-electron chi connectivity index (χ4n) is 3.44. The van der Waals surface area contributed by atoms with E-state index in [9.17, 15) is 28.1 Å². The van der Waals surface area contributed by atoms with Crippen molar-refractivity contribution >= 4 is 28.3 Å². The first kappa shape index (κ1) is 19.3. The van der Waals surface area contributed by atoms with Crippen LogP contribution in [0.4, 0.5) is 18.9 Å². The lowest BCUT2D eigenvalue weighted by Crippen LogP contribution is -2.07. The van der Waals surface area contributed by atoms with Gasteiger partial charge in [-0.3, -0.25) is 10.1 Å². The summed E-state index contributed by atoms with van der Waals surface area (Å²) in [6.07, 6.45) is -2.64. The first-order chi connectivity index (χ1) is 13.6. The van der Waals surface area contributed by atoms with E-state index in [1.807, 2.05) is 0 Å². The summed E-state index contributed by atoms with van der Waals surface area (Å²) in [5, 5.41) is 11.2. The van der Waals surface area contributed by atoms with Crippen molar-refractivity contribution in [3.63, 3.8) is 0 Å². The van der Waals surface area contributed by atoms with Gasteiger partial charge in [0.2, 0.25) is 5.75 Å². The number of nitro benzene ring substituents is 1. The van der Waals surface area contributed by atoms with Gasteiger partial charge in [-0.15, -0.1) is 0 Å². The van der Waals surface area contributed by atoms with Crippen LogP contribution in [0.5, 0.6) is 11.5 Å². The van der Waals surface area contributed by atoms with E-state index in [0.29, 0.717) is 18.1 Å². The molecule has 6 nitrogen and oxygen atoms in total. The van der Waals surface area contributed by atoms with E-state index in [2.05, 4.69) is 0 Å². The summed E-state index contributed by atoms with van der Waals surface area (Å²) in [4.78, 5) is 22.3. The Morgan fingerprint density at radius 1 is 1.14 bits per heavy atom. The van der Waals surface area contributed by atoms with Crippen LogP contribution in [0.25, 0.3) is 11.0 Å². The van der Waals surface area contributed by atoms with Gasteiger partial charge in [-0.25, -0.2) is 4.79 Å². The quantitative estimate of drug-likeness (QED) is 0.307. The molecule has 0 spiro atoms. The van der Waals surface area contributed by atoms with Crippen LogP contribution >= 0.6 is 11.6 Å². The molecule has 3 aromatic rings. The van der Waals surface area contributed by atoms with E-state index >= 15 is 0 Å². The van der Waals surface area contributed by atoms with Crippen molar-refractivity contribution in [2.24, 2.45) is 0 Å². The molecule has 0 bridgehead atoms. The van der Waals surface area contributed by atoms with Crippen molar-refractivity contribution in [1.29, 1.82) is 0 Å². The maximum absolute atomic E-state index is 13.0. The molecular weight excluding hydrogens is 415 g/mol. The van der Waals surface area contributed by atoms with E-state index in [4.69, 9.17) is 20.8 Å². The minimum Gasteiger partial charge on any atom is -0.450 e. The van der Waals surface area contributed by atoms with Gasteiger partial charge in [0.15, 0.2) is 0 Å². The number of hydrogen-bond acceptors (Lipinski definition) is 5. The molecule has 0 saturated heterocycles. The monoisotopic (exact) mass is 425 g/mol. The van der Waals surface area contributed by atoms with Gasteiger partial charge in [0.25, 0.3) is 0 Å². The third-order valence-electron chi connectivity index (χ3n) is 4.72. The Balaban J connectivity index is 1.79. The van der Waals surface area contributed by atoms with E-state index in [1.165, 1.54) is 12.1 Å². The smallest absolute Gasteiger partial charge is 0.418 e. The third kappa shape index (κ3) is 3.42. The standard InChI is InChI=1S/C19H11ClF3NO5/c20-14-8-17(15(24(26)27)7-13(14)19(21,22)23)28-9-4-5-11-10-2-1-3-12(10)18(25)29-16(11)6-9/h4-8H,1-3H2. The number of ether oxygens (including phenoxy) is 1. The van der Waals surface area contributed by atoms with Gasteiger partial charge >= 0.3 is 17.5 Å². The molecule has 1 heterocycles. The van der Waals surface area contributed by atoms with Crippen molar-refractivity contribution < 1.29 is 27.2 Å². The Kier molecular flexibility index (Phi) is 4.49. The van der Waals surface area contributed by atoms with Crippen LogP contribution < -0.4 is 10.4 Å². The third-order valence-corrected chi connectivity index (χ3v) is 5.04. The van der Waals surface area contributed by atoms with Crippen molar-refractivity contribution in [3.8, 4) is 11.5 Å². The maximum atomic E-state index is 13.0. The Labute approximate surface area is 165 Å². The molecule has 4 rings (SSSR count). The number of fused-ring (bicyclic) bond motifs is 3. The van der Waals surface area contributed by atoms with Crippen molar-refractivity contribution in [2.75, 3.05) is 0 Å². The second kappa shape index (κ2) is 6.77. The molecule has 0 N–H and O–H groups in total. The first-order valence-electron chi connectivity index (χ1n) is 8.47. The number of nitrogens with zero attached hydrogens (tertiary/aromatic N) is 1. The summed E-state index contributed by atoms with van der Waals surface area (Å²) in [5.74, 6) is -0.409. The Morgan fingerprint density at radius 3 is 2.55 bits per heavy atom. The van der Waals surface area contributed by atoms with Crippen LogP contribution in [0.3, 0.4) is 0 Å². The number of halogens is 4. The number of hydrogen-bond donors (Lipinski definition) is 0. The average molecular weight is 426 g/mol. The molecule has 0 radical (unpaired) electrons. The van der Waals surface area contributed by atoms with Gasteiger partial charge in [-0.05, 0) is 37.0 Å². The molecule has 150 valence electrons. The Morgan fingerprint density at radius 2 is 1.86 bits per heavy atom. The predicted octanol–water partition coefficient (Wildman–Crippen LogP) is 5.65. The second-order valence-corrected chi connectivity index (χ2v) is 6.92. The van der Waals surface area contributed by atoms with E-state index in [-0.39, 0.29) is 11.3 Å². The van der Waals surface area contributed by atoms with Crippen molar-refractivity contribution in [3.05, 3.63) is 72.6 Å². The summed E-state index contributed by atoms with van der Waals surface area (Å²) in [5.41, 5.74) is -0.919. The normalized spacial score (nSPS) is 13.5. The average Bonchev–Trinajstić information content (AvgIpc) is 3.11. The highest BCUT2D eigenvalue weighted by Gasteiger charge is 2.36. The minimum atomic E-state index is -4.85. The number of nitro groups is 1. The van der Waals surface area contributed by atoms with Crippen LogP contribution in [0.2, 0.25) is 5.02 Å². The van der Waals surface area contributed by atoms with Crippen LogP contribution in [-0.4, -0.2) is 4.92 Å². The summed E-state index contributed by atoms with van der Waals surface area (Å²) in [7, 11) is 0. The molecule has 0 unspecified atom stereocenters. The van der Waals surface area contributed by atoms with Gasteiger partial charge in [-0.1, -0.05) is 11.6 Å². The summed E-state index contributed by atoms with van der Waals surface area (Å²) >= 11 is 5.65. The molecule has 1 aliphatic carbocycles. The Bertz CT molecular complexity index is 1220. The van der Waals surface area contributed by atoms with Crippen molar-refractivity contribution in [1.82, 2.24) is 0 Å². The number of alkyl halides is 3. The van der Waals surface area contributed by atoms with Gasteiger partial charge in [0.1, 0.15) is 11.3 Å². The zero-order chi connectivity index (χ0) is 20.9. The molecule has 1 aliphatic rings. The highest BCUT2D eigenvalue weighted by molar-refractivity contribution is 6.31. The zero-order valence-corrected chi connectivity index (χ0v) is 15.3. The molecule has 29 heavy (non-hydrogen) atoms. The summed E-state index contributed by atoms with van der Waals surface area (Å²) in [6.45, 7) is 0. The molecule has 0 aliphatic heterocycles. The van der Waals surface area contributed by atoms with E-state index < -0.39 is 38.7 Å². The molecule has 1 aromatic heterocycles. The van der Waals surface area contributed by atoms with Gasteiger partial charge in [0, 0.05) is 29.1 Å². The van der Waals surface area contributed by atoms with Crippen LogP contribution in [0.1, 0.15) is 23.1 Å². The van der Waals surface area contributed by atoms with Crippen LogP contribution in [-0.2, 0) is 19.0 Å². The fraction of sp³-hybridized carbons (Fsp3) is 0.211. The molecule has 10 heteroatoms. The van der Waals surface area contributed by atoms with Crippen LogP contribution in [0.15, 0.2) is 39.5 Å². The molecular formula is C19H11ClF3NO5. The maximum Gasteiger partial charge on any atom is 0.418 e. The number of aryl methyl sites for hydroxylation is 1. The molecule has 0 atom stereocenters. The highest BCUT2D eigenvalue weighted by atomic mass is 35.5. The fourth-order valence-corrected chi connectivity index (χ4v) is 3.70. The lowest BCUT2D eigenvalue weighted by atomic mass is 10.1. The van der Waals surface area contributed by atoms with Crippen molar-refractivity contribution in [2.45, 2.75) is 25.4 Å². The zero-order valence-electron chi connectivity index (χ0n) is 14.5. The van der Waals surface area contributed by atoms with Gasteiger partial charge < -0.3 is 9.15 Å². The van der Waals surface area contributed by atoms with Gasteiger partial charge in [-0.2, -0.15) is 13.2 Å². The largest absolute Gasteiger partial charge is 0.450 e. The van der Waals surface area contributed by atoms with Gasteiger partial charge in [0.05, 0.1) is 15.5 Å². The lowest BCUT2D eigenvalue weighted by molar-refractivity contribution is -0.385. The molecule has 0 amide bonds.